The maximum absolute atomic E-state index is 12.4. The van der Waals surface area contributed by atoms with Gasteiger partial charge in [-0.3, -0.25) is 4.79 Å². The van der Waals surface area contributed by atoms with Crippen LogP contribution in [0.25, 0.3) is 0 Å². The fraction of sp³-hybridized carbons (Fsp3) is 0.533. The first-order valence-electron chi connectivity index (χ1n) is 6.96. The Kier molecular flexibility index (Phi) is 7.88. The van der Waals surface area contributed by atoms with E-state index in [1.54, 1.807) is 0 Å². The third-order valence-corrected chi connectivity index (χ3v) is 4.79. The zero-order valence-corrected chi connectivity index (χ0v) is 14.5. The molecule has 118 valence electrons. The molecule has 2 rings (SSSR count). The van der Waals surface area contributed by atoms with Crippen molar-refractivity contribution in [1.29, 1.82) is 0 Å². The summed E-state index contributed by atoms with van der Waals surface area (Å²) in [6.45, 7) is 2.76. The van der Waals surface area contributed by atoms with Gasteiger partial charge in [-0.05, 0) is 31.0 Å². The Balaban J connectivity index is 0.00000220. The summed E-state index contributed by atoms with van der Waals surface area (Å²) in [4.78, 5) is 14.4. The monoisotopic (exact) mass is 348 g/mol. The normalized spacial score (nSPS) is 19.8. The van der Waals surface area contributed by atoms with Crippen molar-refractivity contribution in [2.24, 2.45) is 5.73 Å². The van der Waals surface area contributed by atoms with Crippen molar-refractivity contribution in [3.05, 3.63) is 34.9 Å². The number of hydrogen-bond donors (Lipinski definition) is 1. The van der Waals surface area contributed by atoms with Crippen LogP contribution >= 0.6 is 35.8 Å². The molecule has 1 fully saturated rings. The highest BCUT2D eigenvalue weighted by molar-refractivity contribution is 7.99. The Bertz CT molecular complexity index is 453. The molecular weight excluding hydrogens is 327 g/mol. The average Bonchev–Trinajstić information content (AvgIpc) is 2.45. The Labute approximate surface area is 142 Å². The van der Waals surface area contributed by atoms with Gasteiger partial charge in [0.15, 0.2) is 0 Å². The fourth-order valence-corrected chi connectivity index (χ4v) is 3.57. The number of carbonyl (C=O) groups is 1. The highest BCUT2D eigenvalue weighted by Crippen LogP contribution is 2.30. The summed E-state index contributed by atoms with van der Waals surface area (Å²) in [5.74, 6) is 2.17. The van der Waals surface area contributed by atoms with Gasteiger partial charge in [-0.15, -0.1) is 12.4 Å². The van der Waals surface area contributed by atoms with Gasteiger partial charge in [-0.2, -0.15) is 11.8 Å². The van der Waals surface area contributed by atoms with Crippen LogP contribution in [0.2, 0.25) is 5.02 Å². The lowest BCUT2D eigenvalue weighted by Crippen LogP contribution is -2.41. The van der Waals surface area contributed by atoms with Crippen LogP contribution in [0.1, 0.15) is 31.4 Å². The average molecular weight is 349 g/mol. The number of halogens is 2. The molecular formula is C15H22Cl2N2OS. The van der Waals surface area contributed by atoms with E-state index in [0.717, 1.165) is 35.1 Å². The van der Waals surface area contributed by atoms with Crippen LogP contribution in [0.4, 0.5) is 0 Å². The zero-order valence-electron chi connectivity index (χ0n) is 12.1. The van der Waals surface area contributed by atoms with Crippen LogP contribution in [0, 0.1) is 0 Å². The lowest BCUT2D eigenvalue weighted by atomic mass is 10.1. The van der Waals surface area contributed by atoms with Crippen LogP contribution in [0.5, 0.6) is 0 Å². The van der Waals surface area contributed by atoms with E-state index in [0.29, 0.717) is 6.42 Å². The summed E-state index contributed by atoms with van der Waals surface area (Å²) in [7, 11) is 0. The largest absolute Gasteiger partial charge is 0.334 e. The number of nitrogens with zero attached hydrogens (tertiary/aromatic N) is 1. The van der Waals surface area contributed by atoms with Crippen molar-refractivity contribution < 1.29 is 4.79 Å². The molecule has 1 aliphatic heterocycles. The van der Waals surface area contributed by atoms with Gasteiger partial charge in [0.05, 0.1) is 6.04 Å². The van der Waals surface area contributed by atoms with Gasteiger partial charge < -0.3 is 10.6 Å². The second kappa shape index (κ2) is 8.89. The van der Waals surface area contributed by atoms with Gasteiger partial charge in [-0.25, -0.2) is 0 Å². The van der Waals surface area contributed by atoms with E-state index in [9.17, 15) is 4.79 Å². The zero-order chi connectivity index (χ0) is 14.5. The van der Waals surface area contributed by atoms with Gasteiger partial charge >= 0.3 is 0 Å². The Morgan fingerprint density at radius 2 is 2.14 bits per heavy atom. The standard InChI is InChI=1S/C15H21ClN2OS.ClH/c1-11(17)2-7-15(19)18-8-9-20-10-14(18)12-3-5-13(16)6-4-12;/h3-6,11,14H,2,7-10,17H2,1H3;1H. The lowest BCUT2D eigenvalue weighted by Gasteiger charge is -2.36. The summed E-state index contributed by atoms with van der Waals surface area (Å²) >= 11 is 7.83. The molecule has 0 bridgehead atoms. The van der Waals surface area contributed by atoms with Crippen LogP contribution in [0.15, 0.2) is 24.3 Å². The number of amides is 1. The SMILES string of the molecule is CC(N)CCC(=O)N1CCSCC1c1ccc(Cl)cc1.Cl. The predicted molar refractivity (Wildman–Crippen MR) is 93.4 cm³/mol. The quantitative estimate of drug-likeness (QED) is 0.905. The number of carbonyl (C=O) groups excluding carboxylic acids is 1. The molecule has 2 N–H and O–H groups in total. The minimum Gasteiger partial charge on any atom is -0.334 e. The number of nitrogens with two attached hydrogens (primary N) is 1. The van der Waals surface area contributed by atoms with Crippen LogP contribution < -0.4 is 5.73 Å². The van der Waals surface area contributed by atoms with Gasteiger partial charge in [-0.1, -0.05) is 23.7 Å². The third-order valence-electron chi connectivity index (χ3n) is 3.52. The number of benzene rings is 1. The molecule has 1 aromatic carbocycles. The molecule has 6 heteroatoms. The molecule has 2 atom stereocenters. The molecule has 0 aromatic heterocycles. The highest BCUT2D eigenvalue weighted by Gasteiger charge is 2.27. The molecule has 2 unspecified atom stereocenters. The number of hydrogen-bond acceptors (Lipinski definition) is 3. The summed E-state index contributed by atoms with van der Waals surface area (Å²) in [5.41, 5.74) is 6.91. The van der Waals surface area contributed by atoms with Crippen molar-refractivity contribution in [2.75, 3.05) is 18.1 Å². The summed E-state index contributed by atoms with van der Waals surface area (Å²) in [6, 6.07) is 8.05. The summed E-state index contributed by atoms with van der Waals surface area (Å²) in [6.07, 6.45) is 1.28. The molecule has 1 saturated heterocycles. The smallest absolute Gasteiger partial charge is 0.223 e. The Morgan fingerprint density at radius 1 is 1.48 bits per heavy atom. The fourth-order valence-electron chi connectivity index (χ4n) is 2.36. The van der Waals surface area contributed by atoms with Crippen LogP contribution in [-0.4, -0.2) is 34.9 Å². The molecule has 1 amide bonds. The molecule has 0 spiro atoms. The van der Waals surface area contributed by atoms with Crippen molar-refractivity contribution in [1.82, 2.24) is 4.90 Å². The molecule has 3 nitrogen and oxygen atoms in total. The topological polar surface area (TPSA) is 46.3 Å². The number of thioether (sulfide) groups is 1. The summed E-state index contributed by atoms with van der Waals surface area (Å²) in [5, 5.41) is 0.729. The molecule has 1 aromatic rings. The van der Waals surface area contributed by atoms with Crippen molar-refractivity contribution in [3.63, 3.8) is 0 Å². The Hall–Kier alpha value is -0.420. The van der Waals surface area contributed by atoms with Crippen molar-refractivity contribution in [2.45, 2.75) is 31.8 Å². The van der Waals surface area contributed by atoms with Crippen molar-refractivity contribution >= 4 is 41.7 Å². The molecule has 0 saturated carbocycles. The third kappa shape index (κ3) is 5.37. The van der Waals surface area contributed by atoms with E-state index in [1.165, 1.54) is 0 Å². The van der Waals surface area contributed by atoms with Gasteiger partial charge in [0.1, 0.15) is 0 Å². The minimum atomic E-state index is 0. The maximum atomic E-state index is 12.4. The second-order valence-corrected chi connectivity index (χ2v) is 6.83. The maximum Gasteiger partial charge on any atom is 0.223 e. The minimum absolute atomic E-state index is 0. The van der Waals surface area contributed by atoms with Crippen LogP contribution in [0.3, 0.4) is 0 Å². The van der Waals surface area contributed by atoms with Gasteiger partial charge in [0.25, 0.3) is 0 Å². The predicted octanol–water partition coefficient (Wildman–Crippen LogP) is 3.51. The van der Waals surface area contributed by atoms with E-state index >= 15 is 0 Å². The van der Waals surface area contributed by atoms with E-state index in [2.05, 4.69) is 0 Å². The van der Waals surface area contributed by atoms with E-state index in [1.807, 2.05) is 47.9 Å². The molecule has 21 heavy (non-hydrogen) atoms. The van der Waals surface area contributed by atoms with Crippen LogP contribution in [-0.2, 0) is 4.79 Å². The second-order valence-electron chi connectivity index (χ2n) is 5.25. The van der Waals surface area contributed by atoms with E-state index in [-0.39, 0.29) is 30.4 Å². The first-order chi connectivity index (χ1) is 9.58. The van der Waals surface area contributed by atoms with E-state index < -0.39 is 0 Å². The Morgan fingerprint density at radius 3 is 2.76 bits per heavy atom. The van der Waals surface area contributed by atoms with Crippen molar-refractivity contribution in [3.8, 4) is 0 Å². The molecule has 0 radical (unpaired) electrons. The first kappa shape index (κ1) is 18.6. The van der Waals surface area contributed by atoms with Gasteiger partial charge in [0, 0.05) is 35.5 Å². The lowest BCUT2D eigenvalue weighted by molar-refractivity contribution is -0.133. The first-order valence-corrected chi connectivity index (χ1v) is 8.49. The summed E-state index contributed by atoms with van der Waals surface area (Å²) < 4.78 is 0. The van der Waals surface area contributed by atoms with E-state index in [4.69, 9.17) is 17.3 Å². The molecule has 1 aliphatic rings. The van der Waals surface area contributed by atoms with Gasteiger partial charge in [0.2, 0.25) is 5.91 Å². The number of rotatable bonds is 4. The molecule has 0 aliphatic carbocycles. The highest BCUT2D eigenvalue weighted by atomic mass is 35.5. The molecule has 1 heterocycles.